The molecule has 6 heteroatoms. The lowest BCUT2D eigenvalue weighted by Gasteiger charge is -2.11. The van der Waals surface area contributed by atoms with Gasteiger partial charge in [-0.1, -0.05) is 57.9 Å². The molecular weight excluding hydrogens is 432 g/mol. The number of aryl methyl sites for hydroxylation is 1. The molecule has 0 radical (unpaired) electrons. The smallest absolute Gasteiger partial charge is 0.270 e. The highest BCUT2D eigenvalue weighted by atomic mass is 79.9. The zero-order valence-corrected chi connectivity index (χ0v) is 17.2. The Balaban J connectivity index is 1.94. The van der Waals surface area contributed by atoms with Gasteiger partial charge in [0.15, 0.2) is 0 Å². The van der Waals surface area contributed by atoms with E-state index in [2.05, 4.69) is 28.1 Å². The molecule has 0 unspecified atom stereocenters. The molecule has 3 aromatic rings. The van der Waals surface area contributed by atoms with Gasteiger partial charge in [-0.2, -0.15) is 5.26 Å². The fourth-order valence-electron chi connectivity index (χ4n) is 2.85. The summed E-state index contributed by atoms with van der Waals surface area (Å²) in [6, 6.07) is 21.7. The van der Waals surface area contributed by atoms with Crippen LogP contribution in [0.5, 0.6) is 5.75 Å². The zero-order valence-electron chi connectivity index (χ0n) is 15.6. The maximum Gasteiger partial charge on any atom is 0.270 e. The summed E-state index contributed by atoms with van der Waals surface area (Å²) in [6.07, 6.45) is 1.68. The van der Waals surface area contributed by atoms with Crippen LogP contribution in [0.15, 0.2) is 71.2 Å². The normalized spacial score (nSPS) is 11.0. The summed E-state index contributed by atoms with van der Waals surface area (Å²) >= 11 is 3.44. The molecule has 0 amide bonds. The fourth-order valence-corrected chi connectivity index (χ4v) is 3.23. The van der Waals surface area contributed by atoms with E-state index in [1.54, 1.807) is 18.2 Å². The van der Waals surface area contributed by atoms with Gasteiger partial charge in [-0.25, -0.2) is 0 Å². The Morgan fingerprint density at radius 3 is 2.69 bits per heavy atom. The highest BCUT2D eigenvalue weighted by Crippen LogP contribution is 2.29. The summed E-state index contributed by atoms with van der Waals surface area (Å²) in [5.74, 6) is 0.618. The first-order valence-corrected chi connectivity index (χ1v) is 9.60. The van der Waals surface area contributed by atoms with E-state index in [9.17, 15) is 15.4 Å². The molecule has 0 atom stereocenters. The van der Waals surface area contributed by atoms with Crippen LogP contribution in [-0.4, -0.2) is 4.92 Å². The molecule has 0 N–H and O–H groups in total. The number of non-ortho nitro benzene ring substituents is 1. The second-order valence-electron chi connectivity index (χ2n) is 6.44. The minimum Gasteiger partial charge on any atom is -0.488 e. The average molecular weight is 449 g/mol. The third-order valence-electron chi connectivity index (χ3n) is 4.24. The van der Waals surface area contributed by atoms with Crippen LogP contribution in [0.2, 0.25) is 0 Å². The Hall–Kier alpha value is -3.43. The highest BCUT2D eigenvalue weighted by Gasteiger charge is 2.11. The molecule has 0 aliphatic carbocycles. The van der Waals surface area contributed by atoms with Crippen molar-refractivity contribution >= 4 is 33.3 Å². The number of nitro groups is 1. The lowest BCUT2D eigenvalue weighted by molar-refractivity contribution is -0.384. The molecule has 3 aromatic carbocycles. The number of benzene rings is 3. The van der Waals surface area contributed by atoms with Gasteiger partial charge in [0, 0.05) is 22.2 Å². The lowest BCUT2D eigenvalue weighted by atomic mass is 10.0. The van der Waals surface area contributed by atoms with Crippen molar-refractivity contribution in [1.29, 1.82) is 5.26 Å². The van der Waals surface area contributed by atoms with Crippen molar-refractivity contribution in [3.05, 3.63) is 104 Å². The third kappa shape index (κ3) is 5.31. The topological polar surface area (TPSA) is 76.2 Å². The first-order valence-electron chi connectivity index (χ1n) is 8.81. The summed E-state index contributed by atoms with van der Waals surface area (Å²) in [6.45, 7) is 2.42. The summed E-state index contributed by atoms with van der Waals surface area (Å²) in [5, 5.41) is 20.7. The van der Waals surface area contributed by atoms with Crippen molar-refractivity contribution in [2.75, 3.05) is 0 Å². The van der Waals surface area contributed by atoms with Gasteiger partial charge in [-0.15, -0.1) is 0 Å². The van der Waals surface area contributed by atoms with Crippen LogP contribution in [0.3, 0.4) is 0 Å². The minimum atomic E-state index is -0.478. The number of allylic oxidation sites excluding steroid dienone is 1. The summed E-state index contributed by atoms with van der Waals surface area (Å²) in [7, 11) is 0. The molecule has 0 fully saturated rings. The molecule has 0 spiro atoms. The summed E-state index contributed by atoms with van der Waals surface area (Å²) in [4.78, 5) is 10.6. The van der Waals surface area contributed by atoms with E-state index >= 15 is 0 Å². The van der Waals surface area contributed by atoms with E-state index in [-0.39, 0.29) is 5.69 Å². The number of ether oxygens (including phenoxy) is 1. The van der Waals surface area contributed by atoms with Gasteiger partial charge >= 0.3 is 0 Å². The molecule has 0 aliphatic heterocycles. The molecule has 0 bridgehead atoms. The Kier molecular flexibility index (Phi) is 6.43. The monoisotopic (exact) mass is 448 g/mol. The fraction of sp³-hybridized carbons (Fsp3) is 0.0870. The van der Waals surface area contributed by atoms with Crippen LogP contribution in [0, 0.1) is 28.4 Å². The van der Waals surface area contributed by atoms with E-state index in [1.807, 2.05) is 43.3 Å². The van der Waals surface area contributed by atoms with Gasteiger partial charge in [-0.3, -0.25) is 10.1 Å². The van der Waals surface area contributed by atoms with E-state index in [0.717, 1.165) is 15.6 Å². The summed E-state index contributed by atoms with van der Waals surface area (Å²) in [5.41, 5.74) is 3.63. The second-order valence-corrected chi connectivity index (χ2v) is 7.35. The standard InChI is InChI=1S/C23H17BrN2O3/c1-16-4-2-5-17(10-16)15-29-23-9-8-21(24)12-19(23)11-20(14-25)18-6-3-7-22(13-18)26(27)28/h2-13H,15H2,1H3. The van der Waals surface area contributed by atoms with Crippen molar-refractivity contribution in [2.45, 2.75) is 13.5 Å². The zero-order chi connectivity index (χ0) is 20.8. The maximum atomic E-state index is 11.0. The van der Waals surface area contributed by atoms with Crippen molar-refractivity contribution in [2.24, 2.45) is 0 Å². The Morgan fingerprint density at radius 2 is 1.97 bits per heavy atom. The van der Waals surface area contributed by atoms with Crippen LogP contribution in [-0.2, 0) is 6.61 Å². The molecule has 144 valence electrons. The largest absolute Gasteiger partial charge is 0.488 e. The van der Waals surface area contributed by atoms with Gasteiger partial charge in [0.1, 0.15) is 12.4 Å². The first-order chi connectivity index (χ1) is 14.0. The molecule has 3 rings (SSSR count). The van der Waals surface area contributed by atoms with Gasteiger partial charge < -0.3 is 4.74 Å². The van der Waals surface area contributed by atoms with Crippen LogP contribution < -0.4 is 4.74 Å². The van der Waals surface area contributed by atoms with Gasteiger partial charge in [0.05, 0.1) is 16.6 Å². The highest BCUT2D eigenvalue weighted by molar-refractivity contribution is 9.10. The number of nitrogens with zero attached hydrogens (tertiary/aromatic N) is 2. The molecule has 5 nitrogen and oxygen atoms in total. The van der Waals surface area contributed by atoms with Gasteiger partial charge in [-0.05, 0) is 42.3 Å². The molecule has 0 saturated carbocycles. The average Bonchev–Trinajstić information content (AvgIpc) is 2.71. The van der Waals surface area contributed by atoms with Crippen LogP contribution in [0.25, 0.3) is 11.6 Å². The lowest BCUT2D eigenvalue weighted by Crippen LogP contribution is -1.97. The Morgan fingerprint density at radius 1 is 1.17 bits per heavy atom. The molecule has 0 aromatic heterocycles. The van der Waals surface area contributed by atoms with Crippen LogP contribution in [0.4, 0.5) is 5.69 Å². The van der Waals surface area contributed by atoms with Crippen LogP contribution in [0.1, 0.15) is 22.3 Å². The first kappa shape index (κ1) is 20.3. The predicted octanol–water partition coefficient (Wildman–Crippen LogP) is 6.31. The van der Waals surface area contributed by atoms with E-state index in [0.29, 0.717) is 29.1 Å². The van der Waals surface area contributed by atoms with Crippen molar-refractivity contribution < 1.29 is 9.66 Å². The van der Waals surface area contributed by atoms with Crippen molar-refractivity contribution in [3.63, 3.8) is 0 Å². The molecule has 0 saturated heterocycles. The Labute approximate surface area is 177 Å². The van der Waals surface area contributed by atoms with Crippen molar-refractivity contribution in [1.82, 2.24) is 0 Å². The molecule has 29 heavy (non-hydrogen) atoms. The number of nitro benzene ring substituents is 1. The molecule has 0 heterocycles. The van der Waals surface area contributed by atoms with Gasteiger partial charge in [0.2, 0.25) is 0 Å². The van der Waals surface area contributed by atoms with E-state index < -0.39 is 4.92 Å². The summed E-state index contributed by atoms with van der Waals surface area (Å²) < 4.78 is 6.83. The molecular formula is C23H17BrN2O3. The van der Waals surface area contributed by atoms with E-state index in [1.165, 1.54) is 12.1 Å². The van der Waals surface area contributed by atoms with Crippen molar-refractivity contribution in [3.8, 4) is 11.8 Å². The second kappa shape index (κ2) is 9.18. The predicted molar refractivity (Wildman–Crippen MR) is 116 cm³/mol. The molecule has 0 aliphatic rings. The SMILES string of the molecule is Cc1cccc(COc2ccc(Br)cc2C=C(C#N)c2cccc([N+](=O)[O-])c2)c1. The number of nitriles is 1. The Bertz CT molecular complexity index is 1130. The minimum absolute atomic E-state index is 0.0613. The number of rotatable bonds is 6. The number of hydrogen-bond acceptors (Lipinski definition) is 4. The van der Waals surface area contributed by atoms with Gasteiger partial charge in [0.25, 0.3) is 5.69 Å². The third-order valence-corrected chi connectivity index (χ3v) is 4.73. The van der Waals surface area contributed by atoms with Crippen LogP contribution >= 0.6 is 15.9 Å². The maximum absolute atomic E-state index is 11.0. The quantitative estimate of drug-likeness (QED) is 0.191. The number of hydrogen-bond donors (Lipinski definition) is 0. The van der Waals surface area contributed by atoms with E-state index in [4.69, 9.17) is 4.74 Å². The number of halogens is 1.